The van der Waals surface area contributed by atoms with Crippen molar-refractivity contribution in [3.63, 3.8) is 0 Å². The van der Waals surface area contributed by atoms with Crippen LogP contribution in [0, 0.1) is 11.8 Å². The van der Waals surface area contributed by atoms with Crippen LogP contribution in [-0.2, 0) is 6.42 Å². The van der Waals surface area contributed by atoms with Gasteiger partial charge in [-0.05, 0) is 55.2 Å². The molecule has 0 radical (unpaired) electrons. The third-order valence-electron chi connectivity index (χ3n) is 5.36. The van der Waals surface area contributed by atoms with Crippen molar-refractivity contribution >= 4 is 11.7 Å². The van der Waals surface area contributed by atoms with Gasteiger partial charge >= 0.3 is 5.97 Å². The molecular weight excluding hydrogens is 238 g/mol. The highest BCUT2D eigenvalue weighted by Crippen LogP contribution is 2.48. The maximum absolute atomic E-state index is 11.1. The fourth-order valence-electron chi connectivity index (χ4n) is 4.47. The Balaban J connectivity index is 1.67. The number of fused-ring (bicyclic) bond motifs is 3. The van der Waals surface area contributed by atoms with Crippen LogP contribution in [0.15, 0.2) is 18.2 Å². The van der Waals surface area contributed by atoms with Gasteiger partial charge in [0.2, 0.25) is 0 Å². The molecule has 1 aliphatic heterocycles. The molecule has 1 heterocycles. The largest absolute Gasteiger partial charge is 0.478 e. The number of carbonyl (C=O) groups is 1. The van der Waals surface area contributed by atoms with Gasteiger partial charge in [-0.15, -0.1) is 0 Å². The summed E-state index contributed by atoms with van der Waals surface area (Å²) >= 11 is 0. The van der Waals surface area contributed by atoms with Crippen molar-refractivity contribution in [2.45, 2.75) is 38.1 Å². The molecule has 0 amide bonds. The van der Waals surface area contributed by atoms with Gasteiger partial charge < -0.3 is 10.0 Å². The summed E-state index contributed by atoms with van der Waals surface area (Å²) in [7, 11) is 0. The second-order valence-corrected chi connectivity index (χ2v) is 6.33. The van der Waals surface area contributed by atoms with Crippen LogP contribution >= 0.6 is 0 Å². The number of hydrogen-bond donors (Lipinski definition) is 1. The van der Waals surface area contributed by atoms with Gasteiger partial charge in [-0.3, -0.25) is 0 Å². The highest BCUT2D eigenvalue weighted by Gasteiger charge is 2.43. The predicted molar refractivity (Wildman–Crippen MR) is 73.7 cm³/mol. The molecule has 2 aliphatic carbocycles. The first kappa shape index (κ1) is 11.3. The summed E-state index contributed by atoms with van der Waals surface area (Å²) in [6.07, 6.45) is 6.58. The van der Waals surface area contributed by atoms with E-state index in [4.69, 9.17) is 5.11 Å². The minimum Gasteiger partial charge on any atom is -0.478 e. The lowest BCUT2D eigenvalue weighted by molar-refractivity contribution is 0.0697. The standard InChI is InChI=1S/C16H19NO2/c18-16(19)13-4-3-11-5-6-17(15(11)9-13)14-8-10-1-2-12(14)7-10/h3-4,9-10,12,14H,1-2,5-8H2,(H,18,19). The molecular formula is C16H19NO2. The van der Waals surface area contributed by atoms with E-state index in [9.17, 15) is 4.79 Å². The predicted octanol–water partition coefficient (Wildman–Crippen LogP) is 2.94. The molecule has 1 aromatic carbocycles. The number of benzene rings is 1. The normalized spacial score (nSPS) is 31.8. The van der Waals surface area contributed by atoms with Crippen molar-refractivity contribution in [1.82, 2.24) is 0 Å². The number of hydrogen-bond acceptors (Lipinski definition) is 2. The first-order chi connectivity index (χ1) is 9.22. The van der Waals surface area contributed by atoms with E-state index in [1.165, 1.54) is 36.9 Å². The Morgan fingerprint density at radius 2 is 2.16 bits per heavy atom. The summed E-state index contributed by atoms with van der Waals surface area (Å²) in [5, 5.41) is 9.15. The Bertz CT molecular complexity index is 540. The van der Waals surface area contributed by atoms with Crippen LogP contribution in [0.4, 0.5) is 5.69 Å². The monoisotopic (exact) mass is 257 g/mol. The van der Waals surface area contributed by atoms with E-state index in [0.717, 1.165) is 24.8 Å². The lowest BCUT2D eigenvalue weighted by Crippen LogP contribution is -2.37. The van der Waals surface area contributed by atoms with Crippen LogP contribution in [0.3, 0.4) is 0 Å². The minimum atomic E-state index is -0.817. The first-order valence-electron chi connectivity index (χ1n) is 7.35. The molecule has 1 aromatic rings. The van der Waals surface area contributed by atoms with Gasteiger partial charge in [-0.2, -0.15) is 0 Å². The van der Waals surface area contributed by atoms with E-state index >= 15 is 0 Å². The van der Waals surface area contributed by atoms with Crippen molar-refractivity contribution in [1.29, 1.82) is 0 Å². The zero-order valence-corrected chi connectivity index (χ0v) is 11.0. The average Bonchev–Trinajstić information content (AvgIpc) is 3.11. The summed E-state index contributed by atoms with van der Waals surface area (Å²) in [6.45, 7) is 1.08. The topological polar surface area (TPSA) is 40.5 Å². The Kier molecular flexibility index (Phi) is 2.38. The molecule has 0 spiro atoms. The van der Waals surface area contributed by atoms with Crippen LogP contribution in [-0.4, -0.2) is 23.7 Å². The minimum absolute atomic E-state index is 0.425. The number of aromatic carboxylic acids is 1. The molecule has 3 atom stereocenters. The molecule has 0 saturated heterocycles. The fraction of sp³-hybridized carbons (Fsp3) is 0.562. The van der Waals surface area contributed by atoms with Crippen molar-refractivity contribution in [3.8, 4) is 0 Å². The van der Waals surface area contributed by atoms with Gasteiger partial charge in [0.15, 0.2) is 0 Å². The van der Waals surface area contributed by atoms with Gasteiger partial charge in [-0.1, -0.05) is 12.5 Å². The maximum atomic E-state index is 11.1. The zero-order valence-electron chi connectivity index (χ0n) is 11.0. The first-order valence-corrected chi connectivity index (χ1v) is 7.35. The van der Waals surface area contributed by atoms with Gasteiger partial charge in [0, 0.05) is 18.3 Å². The Hall–Kier alpha value is -1.51. The van der Waals surface area contributed by atoms with Crippen molar-refractivity contribution < 1.29 is 9.90 Å². The molecule has 1 N–H and O–H groups in total. The molecule has 4 rings (SSSR count). The molecule has 100 valence electrons. The molecule has 3 unspecified atom stereocenters. The van der Waals surface area contributed by atoms with E-state index in [1.54, 1.807) is 6.07 Å². The number of carboxylic acids is 1. The molecule has 3 nitrogen and oxygen atoms in total. The number of carboxylic acid groups (broad SMARTS) is 1. The number of anilines is 1. The summed E-state index contributed by atoms with van der Waals surface area (Å²) < 4.78 is 0. The molecule has 3 heteroatoms. The summed E-state index contributed by atoms with van der Waals surface area (Å²) in [5.74, 6) is 0.966. The molecule has 0 aromatic heterocycles. The van der Waals surface area contributed by atoms with E-state index in [-0.39, 0.29) is 0 Å². The summed E-state index contributed by atoms with van der Waals surface area (Å²) in [4.78, 5) is 13.6. The lowest BCUT2D eigenvalue weighted by atomic mass is 9.94. The third-order valence-corrected chi connectivity index (χ3v) is 5.36. The van der Waals surface area contributed by atoms with Crippen LogP contribution in [0.2, 0.25) is 0 Å². The van der Waals surface area contributed by atoms with Crippen molar-refractivity contribution in [2.75, 3.05) is 11.4 Å². The quantitative estimate of drug-likeness (QED) is 0.885. The summed E-state index contributed by atoms with van der Waals surface area (Å²) in [5.41, 5.74) is 2.94. The highest BCUT2D eigenvalue weighted by molar-refractivity contribution is 5.89. The average molecular weight is 257 g/mol. The van der Waals surface area contributed by atoms with Gasteiger partial charge in [0.05, 0.1) is 5.56 Å². The number of nitrogens with zero attached hydrogens (tertiary/aromatic N) is 1. The van der Waals surface area contributed by atoms with E-state index in [1.807, 2.05) is 12.1 Å². The lowest BCUT2D eigenvalue weighted by Gasteiger charge is -2.33. The smallest absolute Gasteiger partial charge is 0.335 e. The van der Waals surface area contributed by atoms with Gasteiger partial charge in [0.25, 0.3) is 0 Å². The van der Waals surface area contributed by atoms with Crippen molar-refractivity contribution in [3.05, 3.63) is 29.3 Å². The summed E-state index contributed by atoms with van der Waals surface area (Å²) in [6, 6.07) is 6.30. The van der Waals surface area contributed by atoms with E-state index < -0.39 is 5.97 Å². The fourth-order valence-corrected chi connectivity index (χ4v) is 4.47. The van der Waals surface area contributed by atoms with E-state index in [2.05, 4.69) is 4.90 Å². The molecule has 3 aliphatic rings. The van der Waals surface area contributed by atoms with E-state index in [0.29, 0.717) is 11.6 Å². The Morgan fingerprint density at radius 1 is 1.26 bits per heavy atom. The number of rotatable bonds is 2. The Labute approximate surface area is 113 Å². The highest BCUT2D eigenvalue weighted by atomic mass is 16.4. The van der Waals surface area contributed by atoms with Crippen LogP contribution in [0.25, 0.3) is 0 Å². The zero-order chi connectivity index (χ0) is 13.0. The third kappa shape index (κ3) is 1.67. The SMILES string of the molecule is O=C(O)c1ccc2c(c1)N(C1CC3CCC1C3)CC2. The van der Waals surface area contributed by atoms with Gasteiger partial charge in [0.1, 0.15) is 0 Å². The maximum Gasteiger partial charge on any atom is 0.335 e. The second kappa shape index (κ2) is 3.99. The van der Waals surface area contributed by atoms with Crippen LogP contribution in [0.5, 0.6) is 0 Å². The van der Waals surface area contributed by atoms with Crippen molar-refractivity contribution in [2.24, 2.45) is 11.8 Å². The van der Waals surface area contributed by atoms with Crippen LogP contribution in [0.1, 0.15) is 41.6 Å². The van der Waals surface area contributed by atoms with Crippen LogP contribution < -0.4 is 4.90 Å². The molecule has 2 bridgehead atoms. The second-order valence-electron chi connectivity index (χ2n) is 6.33. The Morgan fingerprint density at radius 3 is 2.84 bits per heavy atom. The van der Waals surface area contributed by atoms with Gasteiger partial charge in [-0.25, -0.2) is 4.79 Å². The molecule has 2 fully saturated rings. The molecule has 19 heavy (non-hydrogen) atoms. The molecule has 2 saturated carbocycles.